The fourth-order valence-electron chi connectivity index (χ4n) is 5.11. The van der Waals surface area contributed by atoms with Gasteiger partial charge in [0, 0.05) is 29.4 Å². The number of para-hydroxylation sites is 1. The first-order valence-corrected chi connectivity index (χ1v) is 13.0. The van der Waals surface area contributed by atoms with E-state index in [1.807, 2.05) is 36.5 Å². The number of hydrogen-bond acceptors (Lipinski definition) is 5. The van der Waals surface area contributed by atoms with Gasteiger partial charge >= 0.3 is 0 Å². The van der Waals surface area contributed by atoms with Crippen LogP contribution in [0.1, 0.15) is 23.1 Å². The molecule has 0 fully saturated rings. The fraction of sp³-hybridized carbons (Fsp3) is 0.258. The SMILES string of the molecule is COc1ccc(CC2C(CCc3ccccc3)=NN=C2C(Cc2c[nH]c3ccccc23)NC(=O)CN)cc1. The minimum atomic E-state index is -0.327. The van der Waals surface area contributed by atoms with Crippen molar-refractivity contribution in [1.29, 1.82) is 0 Å². The number of benzene rings is 3. The van der Waals surface area contributed by atoms with Crippen LogP contribution in [0.4, 0.5) is 0 Å². The molecular weight excluding hydrogens is 474 g/mol. The van der Waals surface area contributed by atoms with Crippen molar-refractivity contribution in [3.05, 3.63) is 102 Å². The van der Waals surface area contributed by atoms with Crippen molar-refractivity contribution in [1.82, 2.24) is 10.3 Å². The maximum Gasteiger partial charge on any atom is 0.234 e. The third kappa shape index (κ3) is 5.84. The molecule has 0 saturated heterocycles. The van der Waals surface area contributed by atoms with Crippen LogP contribution in [-0.2, 0) is 24.1 Å². The number of hydrogen-bond donors (Lipinski definition) is 3. The van der Waals surface area contributed by atoms with Crippen LogP contribution in [0, 0.1) is 5.92 Å². The molecule has 2 heterocycles. The van der Waals surface area contributed by atoms with Crippen molar-refractivity contribution in [3.8, 4) is 5.75 Å². The number of carbonyl (C=O) groups is 1. The average Bonchev–Trinajstić information content (AvgIpc) is 3.56. The van der Waals surface area contributed by atoms with Gasteiger partial charge in [0.1, 0.15) is 5.75 Å². The number of rotatable bonds is 11. The molecule has 38 heavy (non-hydrogen) atoms. The fourth-order valence-corrected chi connectivity index (χ4v) is 5.11. The van der Waals surface area contributed by atoms with E-state index in [0.29, 0.717) is 6.42 Å². The number of ether oxygens (including phenoxy) is 1. The predicted octanol–water partition coefficient (Wildman–Crippen LogP) is 4.46. The van der Waals surface area contributed by atoms with Crippen molar-refractivity contribution >= 4 is 28.2 Å². The molecular formula is C31H33N5O2. The van der Waals surface area contributed by atoms with Crippen LogP contribution < -0.4 is 15.8 Å². The molecule has 1 aromatic heterocycles. The Balaban J connectivity index is 1.43. The number of fused-ring (bicyclic) bond motifs is 1. The molecule has 1 amide bonds. The number of aryl methyl sites for hydroxylation is 1. The molecule has 194 valence electrons. The molecule has 2 atom stereocenters. The van der Waals surface area contributed by atoms with Crippen molar-refractivity contribution < 1.29 is 9.53 Å². The van der Waals surface area contributed by atoms with E-state index in [2.05, 4.69) is 63.9 Å². The van der Waals surface area contributed by atoms with Crippen LogP contribution in [-0.4, -0.2) is 42.0 Å². The summed E-state index contributed by atoms with van der Waals surface area (Å²) in [6.07, 6.45) is 5.01. The Morgan fingerprint density at radius 2 is 1.74 bits per heavy atom. The van der Waals surface area contributed by atoms with E-state index in [1.165, 1.54) is 5.56 Å². The lowest BCUT2D eigenvalue weighted by Crippen LogP contribution is -2.47. The van der Waals surface area contributed by atoms with Gasteiger partial charge in [-0.1, -0.05) is 60.7 Å². The molecule has 0 bridgehead atoms. The van der Waals surface area contributed by atoms with Gasteiger partial charge in [0.15, 0.2) is 0 Å². The number of carbonyl (C=O) groups excluding carboxylic acids is 1. The highest BCUT2D eigenvalue weighted by Gasteiger charge is 2.34. The Morgan fingerprint density at radius 3 is 2.50 bits per heavy atom. The highest BCUT2D eigenvalue weighted by Crippen LogP contribution is 2.27. The van der Waals surface area contributed by atoms with Crippen molar-refractivity contribution in [2.24, 2.45) is 21.9 Å². The largest absolute Gasteiger partial charge is 0.497 e. The van der Waals surface area contributed by atoms with E-state index in [4.69, 9.17) is 15.6 Å². The molecule has 0 saturated carbocycles. The number of amides is 1. The van der Waals surface area contributed by atoms with Crippen molar-refractivity contribution in [3.63, 3.8) is 0 Å². The number of nitrogens with two attached hydrogens (primary N) is 1. The minimum Gasteiger partial charge on any atom is -0.497 e. The second-order valence-electron chi connectivity index (χ2n) is 9.59. The summed E-state index contributed by atoms with van der Waals surface area (Å²) in [7, 11) is 1.67. The number of nitrogens with zero attached hydrogens (tertiary/aromatic N) is 2. The van der Waals surface area contributed by atoms with Gasteiger partial charge < -0.3 is 20.8 Å². The van der Waals surface area contributed by atoms with Crippen LogP contribution in [0.15, 0.2) is 95.3 Å². The summed E-state index contributed by atoms with van der Waals surface area (Å²) in [6.45, 7) is -0.0808. The third-order valence-electron chi connectivity index (χ3n) is 7.14. The zero-order valence-corrected chi connectivity index (χ0v) is 21.6. The molecule has 7 heteroatoms. The standard InChI is InChI=1S/C31H33N5O2/c1-38-24-14-11-22(12-15-24)17-26-28(16-13-21-7-3-2-4-8-21)35-36-31(26)29(34-30(37)19-32)18-23-20-33-27-10-6-5-9-25(23)27/h2-12,14-15,20,26,29,33H,13,16-19,32H2,1H3,(H,34,37). The minimum absolute atomic E-state index is 0.0274. The second kappa shape index (κ2) is 11.9. The van der Waals surface area contributed by atoms with Crippen LogP contribution in [0.3, 0.4) is 0 Å². The monoisotopic (exact) mass is 507 g/mol. The van der Waals surface area contributed by atoms with E-state index >= 15 is 0 Å². The van der Waals surface area contributed by atoms with Crippen LogP contribution >= 0.6 is 0 Å². The number of nitrogens with one attached hydrogen (secondary N) is 2. The second-order valence-corrected chi connectivity index (χ2v) is 9.59. The smallest absolute Gasteiger partial charge is 0.234 e. The van der Waals surface area contributed by atoms with Crippen molar-refractivity contribution in [2.75, 3.05) is 13.7 Å². The summed E-state index contributed by atoms with van der Waals surface area (Å²) in [6, 6.07) is 26.4. The van der Waals surface area contributed by atoms with Gasteiger partial charge in [0.25, 0.3) is 0 Å². The first-order valence-electron chi connectivity index (χ1n) is 13.0. The van der Waals surface area contributed by atoms with Gasteiger partial charge in [-0.3, -0.25) is 4.79 Å². The van der Waals surface area contributed by atoms with Crippen LogP contribution in [0.2, 0.25) is 0 Å². The summed E-state index contributed by atoms with van der Waals surface area (Å²) in [4.78, 5) is 15.9. The Bertz CT molecular complexity index is 1440. The van der Waals surface area contributed by atoms with E-state index in [9.17, 15) is 4.79 Å². The zero-order chi connectivity index (χ0) is 26.3. The van der Waals surface area contributed by atoms with Crippen LogP contribution in [0.25, 0.3) is 10.9 Å². The van der Waals surface area contributed by atoms with Crippen LogP contribution in [0.5, 0.6) is 5.75 Å². The third-order valence-corrected chi connectivity index (χ3v) is 7.14. The number of H-pyrrole nitrogens is 1. The molecule has 1 aliphatic rings. The molecule has 3 aromatic carbocycles. The Kier molecular flexibility index (Phi) is 7.95. The quantitative estimate of drug-likeness (QED) is 0.279. The summed E-state index contributed by atoms with van der Waals surface area (Å²) in [5.74, 6) is 0.582. The Labute approximate surface area is 222 Å². The molecule has 7 nitrogen and oxygen atoms in total. The number of methoxy groups -OCH3 is 1. The van der Waals surface area contributed by atoms with E-state index in [-0.39, 0.29) is 24.4 Å². The normalized spacial score (nSPS) is 15.7. The molecule has 5 rings (SSSR count). The first kappa shape index (κ1) is 25.4. The molecule has 0 spiro atoms. The van der Waals surface area contributed by atoms with E-state index in [0.717, 1.165) is 58.5 Å². The Hall–Kier alpha value is -4.23. The molecule has 4 N–H and O–H groups in total. The first-order chi connectivity index (χ1) is 18.6. The lowest BCUT2D eigenvalue weighted by molar-refractivity contribution is -0.120. The topological polar surface area (TPSA) is 105 Å². The highest BCUT2D eigenvalue weighted by atomic mass is 16.5. The van der Waals surface area contributed by atoms with Gasteiger partial charge in [-0.05, 0) is 54.2 Å². The molecule has 0 radical (unpaired) electrons. The Morgan fingerprint density at radius 1 is 0.974 bits per heavy atom. The van der Waals surface area contributed by atoms with Gasteiger partial charge in [-0.15, -0.1) is 0 Å². The lowest BCUT2D eigenvalue weighted by atomic mass is 9.83. The molecule has 0 aliphatic carbocycles. The molecule has 1 aliphatic heterocycles. The summed E-state index contributed by atoms with van der Waals surface area (Å²) < 4.78 is 5.35. The van der Waals surface area contributed by atoms with E-state index < -0.39 is 0 Å². The highest BCUT2D eigenvalue weighted by molar-refractivity contribution is 6.13. The van der Waals surface area contributed by atoms with Gasteiger partial charge in [-0.25, -0.2) is 0 Å². The molecule has 2 unspecified atom stereocenters. The van der Waals surface area contributed by atoms with Gasteiger partial charge in [0.2, 0.25) is 5.91 Å². The maximum atomic E-state index is 12.5. The van der Waals surface area contributed by atoms with Gasteiger partial charge in [-0.2, -0.15) is 10.2 Å². The number of aromatic nitrogens is 1. The zero-order valence-electron chi connectivity index (χ0n) is 21.6. The summed E-state index contributed by atoms with van der Waals surface area (Å²) in [5, 5.41) is 13.7. The van der Waals surface area contributed by atoms with Gasteiger partial charge in [0.05, 0.1) is 31.1 Å². The lowest BCUT2D eigenvalue weighted by Gasteiger charge is -2.24. The molecule has 4 aromatic rings. The van der Waals surface area contributed by atoms with Crippen molar-refractivity contribution in [2.45, 2.75) is 31.7 Å². The predicted molar refractivity (Wildman–Crippen MR) is 153 cm³/mol. The average molecular weight is 508 g/mol. The maximum absolute atomic E-state index is 12.5. The summed E-state index contributed by atoms with van der Waals surface area (Å²) in [5.41, 5.74) is 12.2. The number of aromatic amines is 1. The summed E-state index contributed by atoms with van der Waals surface area (Å²) >= 11 is 0. The van der Waals surface area contributed by atoms with E-state index in [1.54, 1.807) is 7.11 Å².